The fraction of sp³-hybridized carbons (Fsp3) is 0.900. The first kappa shape index (κ1) is 11.5. The highest BCUT2D eigenvalue weighted by Crippen LogP contribution is 2.12. The van der Waals surface area contributed by atoms with Gasteiger partial charge in [-0.1, -0.05) is 0 Å². The molecule has 3 atom stereocenters. The number of aliphatic hydroxyl groups is 1. The molecular weight excluding hydrogens is 182 g/mol. The second-order valence-corrected chi connectivity index (χ2v) is 4.05. The number of carbonyl (C=O) groups excluding carboxylic acids is 1. The Morgan fingerprint density at radius 2 is 2.36 bits per heavy atom. The van der Waals surface area contributed by atoms with Crippen LogP contribution < -0.4 is 5.32 Å². The Balaban J connectivity index is 2.25. The third-order valence-corrected chi connectivity index (χ3v) is 2.38. The zero-order valence-electron chi connectivity index (χ0n) is 8.82. The molecule has 82 valence electrons. The maximum absolute atomic E-state index is 11.6. The van der Waals surface area contributed by atoms with Gasteiger partial charge < -0.3 is 15.2 Å². The monoisotopic (exact) mass is 201 g/mol. The summed E-state index contributed by atoms with van der Waals surface area (Å²) in [6.07, 6.45) is 1.04. The molecule has 0 saturated carbocycles. The van der Waals surface area contributed by atoms with Gasteiger partial charge in [-0.15, -0.1) is 0 Å². The first-order valence-electron chi connectivity index (χ1n) is 5.15. The Hall–Kier alpha value is -0.610. The van der Waals surface area contributed by atoms with Crippen LogP contribution in [0, 0.1) is 5.92 Å². The molecule has 0 spiro atoms. The molecule has 0 aromatic rings. The van der Waals surface area contributed by atoms with Crippen LogP contribution >= 0.6 is 0 Å². The second kappa shape index (κ2) is 5.32. The van der Waals surface area contributed by atoms with Crippen molar-refractivity contribution in [1.29, 1.82) is 0 Å². The summed E-state index contributed by atoms with van der Waals surface area (Å²) in [5, 5.41) is 12.0. The van der Waals surface area contributed by atoms with E-state index in [-0.39, 0.29) is 24.0 Å². The van der Waals surface area contributed by atoms with Crippen LogP contribution in [-0.2, 0) is 9.53 Å². The lowest BCUT2D eigenvalue weighted by molar-refractivity contribution is -0.125. The van der Waals surface area contributed by atoms with Crippen molar-refractivity contribution in [2.45, 2.75) is 38.8 Å². The largest absolute Gasteiger partial charge is 0.393 e. The van der Waals surface area contributed by atoms with Crippen LogP contribution in [0.25, 0.3) is 0 Å². The molecule has 1 rings (SSSR count). The molecule has 1 saturated heterocycles. The first-order valence-corrected chi connectivity index (χ1v) is 5.15. The molecule has 2 N–H and O–H groups in total. The minimum atomic E-state index is -0.370. The molecule has 1 amide bonds. The number of carbonyl (C=O) groups is 1. The van der Waals surface area contributed by atoms with Crippen LogP contribution in [0.2, 0.25) is 0 Å². The summed E-state index contributed by atoms with van der Waals surface area (Å²) in [4.78, 5) is 11.6. The number of hydrogen-bond donors (Lipinski definition) is 2. The van der Waals surface area contributed by atoms with Crippen molar-refractivity contribution >= 4 is 5.91 Å². The van der Waals surface area contributed by atoms with E-state index in [0.717, 1.165) is 6.42 Å². The van der Waals surface area contributed by atoms with Gasteiger partial charge in [-0.2, -0.15) is 0 Å². The SMILES string of the molecule is CC(O)CC(C)NC(=O)C1CCOC1. The van der Waals surface area contributed by atoms with Crippen LogP contribution in [0.15, 0.2) is 0 Å². The van der Waals surface area contributed by atoms with E-state index in [0.29, 0.717) is 19.6 Å². The summed E-state index contributed by atoms with van der Waals surface area (Å²) < 4.78 is 5.13. The Bertz CT molecular complexity index is 188. The van der Waals surface area contributed by atoms with Crippen LogP contribution in [0.3, 0.4) is 0 Å². The number of rotatable bonds is 4. The van der Waals surface area contributed by atoms with E-state index in [1.54, 1.807) is 6.92 Å². The molecule has 0 aliphatic carbocycles. The van der Waals surface area contributed by atoms with Crippen molar-refractivity contribution in [2.75, 3.05) is 13.2 Å². The minimum Gasteiger partial charge on any atom is -0.393 e. The molecule has 0 aromatic heterocycles. The van der Waals surface area contributed by atoms with Crippen LogP contribution in [0.5, 0.6) is 0 Å². The maximum Gasteiger partial charge on any atom is 0.225 e. The number of aliphatic hydroxyl groups excluding tert-OH is 1. The number of nitrogens with one attached hydrogen (secondary N) is 1. The molecule has 0 aromatic carbocycles. The predicted molar refractivity (Wildman–Crippen MR) is 52.8 cm³/mol. The van der Waals surface area contributed by atoms with Gasteiger partial charge in [-0.05, 0) is 26.7 Å². The quantitative estimate of drug-likeness (QED) is 0.687. The van der Waals surface area contributed by atoms with Crippen molar-refractivity contribution in [2.24, 2.45) is 5.92 Å². The summed E-state index contributed by atoms with van der Waals surface area (Å²) in [7, 11) is 0. The van der Waals surface area contributed by atoms with Crippen molar-refractivity contribution in [3.05, 3.63) is 0 Å². The highest BCUT2D eigenvalue weighted by Gasteiger charge is 2.24. The Morgan fingerprint density at radius 1 is 1.64 bits per heavy atom. The zero-order chi connectivity index (χ0) is 10.6. The Morgan fingerprint density at radius 3 is 2.86 bits per heavy atom. The van der Waals surface area contributed by atoms with E-state index in [9.17, 15) is 4.79 Å². The van der Waals surface area contributed by atoms with Gasteiger partial charge in [0.1, 0.15) is 0 Å². The fourth-order valence-electron chi connectivity index (χ4n) is 1.67. The second-order valence-electron chi connectivity index (χ2n) is 4.05. The van der Waals surface area contributed by atoms with E-state index < -0.39 is 0 Å². The molecule has 14 heavy (non-hydrogen) atoms. The van der Waals surface area contributed by atoms with Crippen LogP contribution in [0.1, 0.15) is 26.7 Å². The van der Waals surface area contributed by atoms with Gasteiger partial charge in [0.15, 0.2) is 0 Å². The van der Waals surface area contributed by atoms with Gasteiger partial charge in [0.25, 0.3) is 0 Å². The first-order chi connectivity index (χ1) is 6.59. The molecule has 0 radical (unpaired) electrons. The van der Waals surface area contributed by atoms with Crippen molar-refractivity contribution in [3.8, 4) is 0 Å². The van der Waals surface area contributed by atoms with Gasteiger partial charge in [-0.25, -0.2) is 0 Å². The normalized spacial score (nSPS) is 25.8. The molecular formula is C10H19NO3. The molecule has 1 aliphatic heterocycles. The highest BCUT2D eigenvalue weighted by atomic mass is 16.5. The van der Waals surface area contributed by atoms with Crippen molar-refractivity contribution in [1.82, 2.24) is 5.32 Å². The van der Waals surface area contributed by atoms with Crippen LogP contribution in [0.4, 0.5) is 0 Å². The minimum absolute atomic E-state index is 0.00597. The third kappa shape index (κ3) is 3.64. The summed E-state index contributed by atoms with van der Waals surface area (Å²) >= 11 is 0. The Labute approximate surface area is 84.6 Å². The lowest BCUT2D eigenvalue weighted by Gasteiger charge is -2.17. The number of hydrogen-bond acceptors (Lipinski definition) is 3. The van der Waals surface area contributed by atoms with Crippen molar-refractivity contribution < 1.29 is 14.6 Å². The standard InChI is InChI=1S/C10H19NO3/c1-7(5-8(2)12)11-10(13)9-3-4-14-6-9/h7-9,12H,3-6H2,1-2H3,(H,11,13). The topological polar surface area (TPSA) is 58.6 Å². The summed E-state index contributed by atoms with van der Waals surface area (Å²) in [6, 6.07) is 0.0306. The summed E-state index contributed by atoms with van der Waals surface area (Å²) in [5.41, 5.74) is 0. The van der Waals surface area contributed by atoms with Gasteiger partial charge >= 0.3 is 0 Å². The molecule has 1 fully saturated rings. The molecule has 3 unspecified atom stereocenters. The number of ether oxygens (including phenoxy) is 1. The average Bonchev–Trinajstić information content (AvgIpc) is 2.53. The lowest BCUT2D eigenvalue weighted by atomic mass is 10.1. The van der Waals surface area contributed by atoms with E-state index in [4.69, 9.17) is 9.84 Å². The smallest absolute Gasteiger partial charge is 0.225 e. The van der Waals surface area contributed by atoms with E-state index in [1.807, 2.05) is 6.92 Å². The van der Waals surface area contributed by atoms with Crippen molar-refractivity contribution in [3.63, 3.8) is 0 Å². The molecule has 1 aliphatic rings. The molecule has 1 heterocycles. The van der Waals surface area contributed by atoms with E-state index in [2.05, 4.69) is 5.32 Å². The van der Waals surface area contributed by atoms with E-state index in [1.165, 1.54) is 0 Å². The maximum atomic E-state index is 11.6. The molecule has 0 bridgehead atoms. The average molecular weight is 201 g/mol. The Kier molecular flexibility index (Phi) is 4.35. The number of amides is 1. The van der Waals surface area contributed by atoms with Gasteiger partial charge in [0.05, 0.1) is 18.6 Å². The van der Waals surface area contributed by atoms with E-state index >= 15 is 0 Å². The lowest BCUT2D eigenvalue weighted by Crippen LogP contribution is -2.38. The van der Waals surface area contributed by atoms with Crippen LogP contribution in [-0.4, -0.2) is 36.4 Å². The third-order valence-electron chi connectivity index (χ3n) is 2.38. The zero-order valence-corrected chi connectivity index (χ0v) is 8.82. The van der Waals surface area contributed by atoms with Gasteiger partial charge in [0.2, 0.25) is 5.91 Å². The predicted octanol–water partition coefficient (Wildman–Crippen LogP) is 0.298. The summed E-state index contributed by atoms with van der Waals surface area (Å²) in [6.45, 7) is 4.85. The van der Waals surface area contributed by atoms with Gasteiger partial charge in [-0.3, -0.25) is 4.79 Å². The van der Waals surface area contributed by atoms with Gasteiger partial charge in [0, 0.05) is 12.6 Å². The summed E-state index contributed by atoms with van der Waals surface area (Å²) in [5.74, 6) is 0.0575. The highest BCUT2D eigenvalue weighted by molar-refractivity contribution is 5.79. The fourth-order valence-corrected chi connectivity index (χ4v) is 1.67. The molecule has 4 heteroatoms. The molecule has 4 nitrogen and oxygen atoms in total.